The van der Waals surface area contributed by atoms with Gasteiger partial charge in [0.2, 0.25) is 0 Å². The van der Waals surface area contributed by atoms with Gasteiger partial charge in [0.1, 0.15) is 12.2 Å². The molecule has 1 amide bonds. The van der Waals surface area contributed by atoms with Crippen molar-refractivity contribution in [2.75, 3.05) is 5.32 Å². The lowest BCUT2D eigenvalue weighted by Gasteiger charge is -2.19. The van der Waals surface area contributed by atoms with Crippen LogP contribution in [0.4, 0.5) is 14.9 Å². The van der Waals surface area contributed by atoms with Gasteiger partial charge in [-0.15, -0.1) is 0 Å². The zero-order valence-corrected chi connectivity index (χ0v) is 15.5. The molecule has 2 rings (SSSR count). The van der Waals surface area contributed by atoms with Gasteiger partial charge >= 0.3 is 6.09 Å². The monoisotopic (exact) mass is 371 g/mol. The summed E-state index contributed by atoms with van der Waals surface area (Å²) in [6, 6.07) is 9.92. The Hall–Kier alpha value is -3.15. The fourth-order valence-corrected chi connectivity index (χ4v) is 2.32. The number of ether oxygens (including phenoxy) is 2. The lowest BCUT2D eigenvalue weighted by molar-refractivity contribution is 0.0635. The van der Waals surface area contributed by atoms with Crippen LogP contribution in [0.1, 0.15) is 42.3 Å². The van der Waals surface area contributed by atoms with E-state index in [0.717, 1.165) is 0 Å². The van der Waals surface area contributed by atoms with E-state index in [1.807, 2.05) is 0 Å². The molecular weight excluding hydrogens is 349 g/mol. The number of hydrogen-bond donors (Lipinski definition) is 1. The van der Waals surface area contributed by atoms with Crippen LogP contribution in [0.15, 0.2) is 43.0 Å². The maximum atomic E-state index is 14.4. The molecule has 0 saturated carbocycles. The van der Waals surface area contributed by atoms with Crippen molar-refractivity contribution < 1.29 is 23.5 Å². The van der Waals surface area contributed by atoms with Crippen molar-refractivity contribution in [3.8, 4) is 5.75 Å². The molecule has 0 atom stereocenters. The van der Waals surface area contributed by atoms with E-state index in [2.05, 4.69) is 11.9 Å². The number of nitrogens with one attached hydrogen (secondary N) is 1. The Morgan fingerprint density at radius 1 is 1.26 bits per heavy atom. The Morgan fingerprint density at radius 3 is 2.63 bits per heavy atom. The summed E-state index contributed by atoms with van der Waals surface area (Å²) in [6.07, 6.45) is 1.27. The van der Waals surface area contributed by atoms with E-state index in [1.165, 1.54) is 12.1 Å². The molecule has 0 aliphatic rings. The normalized spacial score (nSPS) is 10.8. The minimum atomic E-state index is -0.731. The Kier molecular flexibility index (Phi) is 6.34. The maximum Gasteiger partial charge on any atom is 0.412 e. The van der Waals surface area contributed by atoms with Crippen molar-refractivity contribution in [3.05, 3.63) is 65.5 Å². The van der Waals surface area contributed by atoms with E-state index in [-0.39, 0.29) is 17.9 Å². The van der Waals surface area contributed by atoms with E-state index < -0.39 is 17.5 Å². The summed E-state index contributed by atoms with van der Waals surface area (Å²) >= 11 is 0. The van der Waals surface area contributed by atoms with Crippen molar-refractivity contribution in [1.82, 2.24) is 0 Å². The van der Waals surface area contributed by atoms with Crippen molar-refractivity contribution in [2.24, 2.45) is 0 Å². The summed E-state index contributed by atoms with van der Waals surface area (Å²) < 4.78 is 25.0. The van der Waals surface area contributed by atoms with Crippen LogP contribution in [-0.2, 0) is 11.3 Å². The van der Waals surface area contributed by atoms with E-state index in [9.17, 15) is 14.0 Å². The van der Waals surface area contributed by atoms with E-state index in [4.69, 9.17) is 9.47 Å². The maximum absolute atomic E-state index is 14.4. The minimum Gasteiger partial charge on any atom is -0.486 e. The number of anilines is 1. The topological polar surface area (TPSA) is 64.6 Å². The molecule has 0 heterocycles. The Labute approximate surface area is 157 Å². The molecule has 27 heavy (non-hydrogen) atoms. The predicted molar refractivity (Wildman–Crippen MR) is 103 cm³/mol. The molecule has 0 spiro atoms. The summed E-state index contributed by atoms with van der Waals surface area (Å²) in [5.41, 5.74) is 0.946. The third-order valence-corrected chi connectivity index (χ3v) is 3.48. The largest absolute Gasteiger partial charge is 0.486 e. The number of aldehydes is 1. The second-order valence-corrected chi connectivity index (χ2v) is 6.82. The van der Waals surface area contributed by atoms with Gasteiger partial charge in [-0.1, -0.05) is 30.9 Å². The lowest BCUT2D eigenvalue weighted by Crippen LogP contribution is -2.27. The van der Waals surface area contributed by atoms with Crippen LogP contribution < -0.4 is 10.1 Å². The highest BCUT2D eigenvalue weighted by molar-refractivity contribution is 5.85. The van der Waals surface area contributed by atoms with Gasteiger partial charge < -0.3 is 9.47 Å². The SMILES string of the molecule is C=Cc1ccc(OCc2cccc(NC(=O)OC(C)(C)C)c2)c(F)c1C=O. The van der Waals surface area contributed by atoms with Crippen molar-refractivity contribution in [1.29, 1.82) is 0 Å². The van der Waals surface area contributed by atoms with E-state index in [1.54, 1.807) is 51.1 Å². The predicted octanol–water partition coefficient (Wildman–Crippen LogP) is 5.21. The van der Waals surface area contributed by atoms with Crippen molar-refractivity contribution in [2.45, 2.75) is 33.0 Å². The van der Waals surface area contributed by atoms with Gasteiger partial charge in [0.25, 0.3) is 0 Å². The fraction of sp³-hybridized carbons (Fsp3) is 0.238. The Balaban J connectivity index is 2.08. The summed E-state index contributed by atoms with van der Waals surface area (Å²) in [4.78, 5) is 22.9. The highest BCUT2D eigenvalue weighted by atomic mass is 19.1. The van der Waals surface area contributed by atoms with Gasteiger partial charge in [-0.05, 0) is 50.1 Å². The molecule has 0 unspecified atom stereocenters. The van der Waals surface area contributed by atoms with Crippen LogP contribution in [0, 0.1) is 5.82 Å². The second kappa shape index (κ2) is 8.49. The highest BCUT2D eigenvalue weighted by Gasteiger charge is 2.16. The Morgan fingerprint density at radius 2 is 2.00 bits per heavy atom. The molecule has 0 bridgehead atoms. The summed E-state index contributed by atoms with van der Waals surface area (Å²) in [5, 5.41) is 2.63. The van der Waals surface area contributed by atoms with Crippen molar-refractivity contribution >= 4 is 24.1 Å². The number of carbonyl (C=O) groups excluding carboxylic acids is 2. The van der Waals surface area contributed by atoms with Crippen LogP contribution in [0.25, 0.3) is 6.08 Å². The van der Waals surface area contributed by atoms with Gasteiger partial charge in [0.15, 0.2) is 17.9 Å². The van der Waals surface area contributed by atoms with Crippen LogP contribution >= 0.6 is 0 Å². The molecule has 1 N–H and O–H groups in total. The number of benzene rings is 2. The van der Waals surface area contributed by atoms with Gasteiger partial charge in [0, 0.05) is 5.69 Å². The highest BCUT2D eigenvalue weighted by Crippen LogP contribution is 2.25. The zero-order valence-electron chi connectivity index (χ0n) is 15.5. The molecule has 0 aromatic heterocycles. The Bertz CT molecular complexity index is 856. The second-order valence-electron chi connectivity index (χ2n) is 6.82. The van der Waals surface area contributed by atoms with Crippen LogP contribution in [0.2, 0.25) is 0 Å². The average Bonchev–Trinajstić information content (AvgIpc) is 2.59. The molecule has 2 aromatic rings. The molecule has 2 aromatic carbocycles. The molecule has 0 aliphatic carbocycles. The van der Waals surface area contributed by atoms with Gasteiger partial charge in [-0.2, -0.15) is 0 Å². The molecule has 5 nitrogen and oxygen atoms in total. The smallest absolute Gasteiger partial charge is 0.412 e. The van der Waals surface area contributed by atoms with Crippen LogP contribution in [-0.4, -0.2) is 18.0 Å². The number of hydrogen-bond acceptors (Lipinski definition) is 4. The third kappa shape index (κ3) is 5.67. The van der Waals surface area contributed by atoms with Crippen molar-refractivity contribution in [3.63, 3.8) is 0 Å². The molecule has 0 radical (unpaired) electrons. The number of amides is 1. The first-order chi connectivity index (χ1) is 12.7. The molecule has 142 valence electrons. The first-order valence-electron chi connectivity index (χ1n) is 8.35. The third-order valence-electron chi connectivity index (χ3n) is 3.48. The molecule has 0 saturated heterocycles. The lowest BCUT2D eigenvalue weighted by atomic mass is 10.1. The molecular formula is C21H22FNO4. The standard InChI is InChI=1S/C21H22FNO4/c1-5-15-9-10-18(19(22)17(15)12-24)26-13-14-7-6-8-16(11-14)23-20(25)27-21(2,3)4/h5-12H,1,13H2,2-4H3,(H,23,25). The summed E-state index contributed by atoms with van der Waals surface area (Å²) in [7, 11) is 0. The number of halogens is 1. The van der Waals surface area contributed by atoms with Crippen LogP contribution in [0.5, 0.6) is 5.75 Å². The van der Waals surface area contributed by atoms with E-state index >= 15 is 0 Å². The first kappa shape index (κ1) is 20.2. The molecule has 0 aliphatic heterocycles. The first-order valence-corrected chi connectivity index (χ1v) is 8.35. The van der Waals surface area contributed by atoms with Gasteiger partial charge in [-0.3, -0.25) is 10.1 Å². The zero-order chi connectivity index (χ0) is 20.0. The summed E-state index contributed by atoms with van der Waals surface area (Å²) in [5.74, 6) is -0.765. The molecule has 0 fully saturated rings. The number of rotatable bonds is 6. The van der Waals surface area contributed by atoms with E-state index in [0.29, 0.717) is 23.1 Å². The van der Waals surface area contributed by atoms with Gasteiger partial charge in [-0.25, -0.2) is 9.18 Å². The number of carbonyl (C=O) groups is 2. The average molecular weight is 371 g/mol. The quantitative estimate of drug-likeness (QED) is 0.708. The van der Waals surface area contributed by atoms with Crippen LogP contribution in [0.3, 0.4) is 0 Å². The molecule has 6 heteroatoms. The van der Waals surface area contributed by atoms with Gasteiger partial charge in [0.05, 0.1) is 5.56 Å². The minimum absolute atomic E-state index is 0.0341. The fourth-order valence-electron chi connectivity index (χ4n) is 2.32. The summed E-state index contributed by atoms with van der Waals surface area (Å²) in [6.45, 7) is 8.93.